The molecule has 0 atom stereocenters. The first kappa shape index (κ1) is 14.4. The largest absolute Gasteiger partial charge is 0.297 e. The molecule has 22 heavy (non-hydrogen) atoms. The Morgan fingerprint density at radius 3 is 2.64 bits per heavy atom. The fourth-order valence-electron chi connectivity index (χ4n) is 1.94. The molecule has 3 aromatic rings. The Bertz CT molecular complexity index is 856. The number of amides is 1. The van der Waals surface area contributed by atoms with Crippen molar-refractivity contribution in [3.8, 4) is 17.3 Å². The maximum atomic E-state index is 12.2. The van der Waals surface area contributed by atoms with Crippen LogP contribution in [0.4, 0.5) is 5.13 Å². The summed E-state index contributed by atoms with van der Waals surface area (Å²) in [6.07, 6.45) is 0. The van der Waals surface area contributed by atoms with Gasteiger partial charge in [-0.1, -0.05) is 12.1 Å². The van der Waals surface area contributed by atoms with Gasteiger partial charge in [0.15, 0.2) is 5.13 Å². The summed E-state index contributed by atoms with van der Waals surface area (Å²) >= 11 is 2.80. The van der Waals surface area contributed by atoms with Crippen molar-refractivity contribution >= 4 is 33.7 Å². The van der Waals surface area contributed by atoms with E-state index in [1.165, 1.54) is 22.7 Å². The Morgan fingerprint density at radius 1 is 1.23 bits per heavy atom. The highest BCUT2D eigenvalue weighted by molar-refractivity contribution is 7.14. The minimum absolute atomic E-state index is 0.131. The smallest absolute Gasteiger partial charge is 0.267 e. The van der Waals surface area contributed by atoms with Crippen LogP contribution >= 0.6 is 22.7 Å². The third-order valence-corrected chi connectivity index (χ3v) is 4.88. The van der Waals surface area contributed by atoms with E-state index in [0.717, 1.165) is 16.8 Å². The Balaban J connectivity index is 1.77. The second-order valence-electron chi connectivity index (χ2n) is 4.61. The van der Waals surface area contributed by atoms with E-state index in [9.17, 15) is 4.79 Å². The molecule has 0 spiro atoms. The van der Waals surface area contributed by atoms with Gasteiger partial charge in [0.05, 0.1) is 22.2 Å². The molecule has 0 aliphatic rings. The molecule has 2 aromatic heterocycles. The lowest BCUT2D eigenvalue weighted by atomic mass is 10.1. The third kappa shape index (κ3) is 2.91. The summed E-state index contributed by atoms with van der Waals surface area (Å²) in [6.45, 7) is 1.91. The first-order valence-electron chi connectivity index (χ1n) is 6.49. The molecule has 0 radical (unpaired) electrons. The predicted molar refractivity (Wildman–Crippen MR) is 89.3 cm³/mol. The number of aryl methyl sites for hydroxylation is 1. The number of rotatable bonds is 3. The standard InChI is InChI=1S/C16H11N3OS2/c1-10-6-7-21-14(10)15(20)19-16-18-13(9-22-16)12-4-2-11(8-17)3-5-12/h2-7,9H,1H3,(H,18,19,20). The topological polar surface area (TPSA) is 65.8 Å². The van der Waals surface area contributed by atoms with Crippen molar-refractivity contribution in [2.75, 3.05) is 5.32 Å². The van der Waals surface area contributed by atoms with Gasteiger partial charge in [-0.25, -0.2) is 4.98 Å². The number of anilines is 1. The Labute approximate surface area is 135 Å². The zero-order chi connectivity index (χ0) is 15.5. The van der Waals surface area contributed by atoms with Crippen LogP contribution < -0.4 is 5.32 Å². The number of nitrogens with one attached hydrogen (secondary N) is 1. The molecule has 0 bridgehead atoms. The van der Waals surface area contributed by atoms with Gasteiger partial charge in [0.25, 0.3) is 5.91 Å². The fraction of sp³-hybridized carbons (Fsp3) is 0.0625. The summed E-state index contributed by atoms with van der Waals surface area (Å²) in [5.74, 6) is -0.131. The van der Waals surface area contributed by atoms with E-state index in [2.05, 4.69) is 16.4 Å². The predicted octanol–water partition coefficient (Wildman–Crippen LogP) is 4.30. The summed E-state index contributed by atoms with van der Waals surface area (Å²) in [4.78, 5) is 17.3. The average molecular weight is 325 g/mol. The van der Waals surface area contributed by atoms with Gasteiger partial charge in [-0.05, 0) is 36.1 Å². The molecule has 6 heteroatoms. The number of aromatic nitrogens is 1. The quantitative estimate of drug-likeness (QED) is 0.780. The maximum Gasteiger partial charge on any atom is 0.267 e. The van der Waals surface area contributed by atoms with E-state index in [0.29, 0.717) is 15.6 Å². The number of benzene rings is 1. The molecule has 1 aromatic carbocycles. The second kappa shape index (κ2) is 6.10. The first-order chi connectivity index (χ1) is 10.7. The minimum atomic E-state index is -0.131. The Kier molecular flexibility index (Phi) is 4.00. The number of carbonyl (C=O) groups is 1. The molecule has 2 heterocycles. The summed E-state index contributed by atoms with van der Waals surface area (Å²) in [5, 5.41) is 16.0. The van der Waals surface area contributed by atoms with Gasteiger partial charge in [-0.2, -0.15) is 5.26 Å². The van der Waals surface area contributed by atoms with E-state index in [4.69, 9.17) is 5.26 Å². The lowest BCUT2D eigenvalue weighted by Gasteiger charge is -2.00. The minimum Gasteiger partial charge on any atom is -0.297 e. The molecule has 0 aliphatic carbocycles. The van der Waals surface area contributed by atoms with E-state index >= 15 is 0 Å². The molecular formula is C16H11N3OS2. The van der Waals surface area contributed by atoms with Gasteiger partial charge < -0.3 is 0 Å². The van der Waals surface area contributed by atoms with Crippen molar-refractivity contribution in [1.82, 2.24) is 4.98 Å². The lowest BCUT2D eigenvalue weighted by molar-refractivity contribution is 0.103. The molecule has 4 nitrogen and oxygen atoms in total. The van der Waals surface area contributed by atoms with Crippen molar-refractivity contribution in [3.05, 3.63) is 57.1 Å². The van der Waals surface area contributed by atoms with Gasteiger partial charge in [0.1, 0.15) is 0 Å². The SMILES string of the molecule is Cc1ccsc1C(=O)Nc1nc(-c2ccc(C#N)cc2)cs1. The Morgan fingerprint density at radius 2 is 2.00 bits per heavy atom. The Hall–Kier alpha value is -2.49. The fourth-order valence-corrected chi connectivity index (χ4v) is 3.47. The van der Waals surface area contributed by atoms with Crippen LogP contribution in [0.5, 0.6) is 0 Å². The van der Waals surface area contributed by atoms with E-state index in [-0.39, 0.29) is 5.91 Å². The monoisotopic (exact) mass is 325 g/mol. The van der Waals surface area contributed by atoms with Gasteiger partial charge >= 0.3 is 0 Å². The zero-order valence-corrected chi connectivity index (χ0v) is 13.3. The molecule has 1 amide bonds. The molecule has 0 saturated heterocycles. The molecule has 108 valence electrons. The van der Waals surface area contributed by atoms with Gasteiger partial charge in [0, 0.05) is 10.9 Å². The van der Waals surface area contributed by atoms with Gasteiger partial charge in [-0.3, -0.25) is 10.1 Å². The number of thiophene rings is 1. The third-order valence-electron chi connectivity index (χ3n) is 3.10. The number of nitriles is 1. The zero-order valence-electron chi connectivity index (χ0n) is 11.7. The molecule has 0 fully saturated rings. The number of hydrogen-bond donors (Lipinski definition) is 1. The highest BCUT2D eigenvalue weighted by Crippen LogP contribution is 2.26. The number of nitrogens with zero attached hydrogens (tertiary/aromatic N) is 2. The van der Waals surface area contributed by atoms with Crippen molar-refractivity contribution in [2.45, 2.75) is 6.92 Å². The maximum absolute atomic E-state index is 12.2. The summed E-state index contributed by atoms with van der Waals surface area (Å²) in [6, 6.07) is 11.2. The van der Waals surface area contributed by atoms with Crippen LogP contribution in [0, 0.1) is 18.3 Å². The van der Waals surface area contributed by atoms with Crippen LogP contribution in [0.15, 0.2) is 41.1 Å². The molecule has 0 unspecified atom stereocenters. The molecular weight excluding hydrogens is 314 g/mol. The molecule has 0 saturated carbocycles. The summed E-state index contributed by atoms with van der Waals surface area (Å²) < 4.78 is 0. The van der Waals surface area contributed by atoms with Crippen molar-refractivity contribution < 1.29 is 4.79 Å². The summed E-state index contributed by atoms with van der Waals surface area (Å²) in [7, 11) is 0. The second-order valence-corrected chi connectivity index (χ2v) is 6.39. The highest BCUT2D eigenvalue weighted by atomic mass is 32.1. The molecule has 0 aliphatic heterocycles. The average Bonchev–Trinajstić information content (AvgIpc) is 3.16. The van der Waals surface area contributed by atoms with Gasteiger partial charge in [-0.15, -0.1) is 22.7 Å². The first-order valence-corrected chi connectivity index (χ1v) is 8.25. The van der Waals surface area contributed by atoms with Crippen LogP contribution in [0.25, 0.3) is 11.3 Å². The summed E-state index contributed by atoms with van der Waals surface area (Å²) in [5.41, 5.74) is 3.28. The van der Waals surface area contributed by atoms with Crippen LogP contribution in [0.2, 0.25) is 0 Å². The van der Waals surface area contributed by atoms with E-state index < -0.39 is 0 Å². The molecule has 1 N–H and O–H groups in total. The van der Waals surface area contributed by atoms with Crippen LogP contribution in [-0.4, -0.2) is 10.9 Å². The van der Waals surface area contributed by atoms with Gasteiger partial charge in [0.2, 0.25) is 0 Å². The lowest BCUT2D eigenvalue weighted by Crippen LogP contribution is -2.10. The molecule has 3 rings (SSSR count). The van der Waals surface area contributed by atoms with E-state index in [1.54, 1.807) is 12.1 Å². The van der Waals surface area contributed by atoms with Crippen molar-refractivity contribution in [1.29, 1.82) is 5.26 Å². The van der Waals surface area contributed by atoms with E-state index in [1.807, 2.05) is 35.9 Å². The number of carbonyl (C=O) groups excluding carboxylic acids is 1. The van der Waals surface area contributed by atoms with Crippen LogP contribution in [-0.2, 0) is 0 Å². The van der Waals surface area contributed by atoms with Crippen molar-refractivity contribution in [3.63, 3.8) is 0 Å². The number of hydrogen-bond acceptors (Lipinski definition) is 5. The highest BCUT2D eigenvalue weighted by Gasteiger charge is 2.13. The van der Waals surface area contributed by atoms with Crippen LogP contribution in [0.1, 0.15) is 20.8 Å². The number of thiazole rings is 1. The van der Waals surface area contributed by atoms with Crippen LogP contribution in [0.3, 0.4) is 0 Å². The normalized spacial score (nSPS) is 10.2. The van der Waals surface area contributed by atoms with Crippen molar-refractivity contribution in [2.24, 2.45) is 0 Å².